The highest BCUT2D eigenvalue weighted by atomic mass is 15.1. The Labute approximate surface area is 189 Å². The van der Waals surface area contributed by atoms with Gasteiger partial charge in [0.25, 0.3) is 0 Å². The van der Waals surface area contributed by atoms with Gasteiger partial charge in [0.15, 0.2) is 0 Å². The fourth-order valence-corrected chi connectivity index (χ4v) is 4.18. The summed E-state index contributed by atoms with van der Waals surface area (Å²) in [4.78, 5) is 11.9. The Hall–Kier alpha value is -3.98. The zero-order valence-electron chi connectivity index (χ0n) is 18.4. The third-order valence-corrected chi connectivity index (χ3v) is 5.84. The number of pyridine rings is 1. The molecule has 0 atom stereocenters. The molecule has 0 N–H and O–H groups in total. The summed E-state index contributed by atoms with van der Waals surface area (Å²) >= 11 is 0. The van der Waals surface area contributed by atoms with E-state index >= 15 is 0 Å². The first-order chi connectivity index (χ1) is 15.7. The van der Waals surface area contributed by atoms with Gasteiger partial charge in [-0.1, -0.05) is 72.8 Å². The van der Waals surface area contributed by atoms with Gasteiger partial charge in [-0.2, -0.15) is 0 Å². The average molecular weight is 416 g/mol. The molecule has 1 aliphatic carbocycles. The number of anilines is 1. The summed E-state index contributed by atoms with van der Waals surface area (Å²) in [5.74, 6) is 0. The van der Waals surface area contributed by atoms with E-state index < -0.39 is 0 Å². The van der Waals surface area contributed by atoms with Gasteiger partial charge in [0.1, 0.15) is 0 Å². The highest BCUT2D eigenvalue weighted by Gasteiger charge is 2.24. The van der Waals surface area contributed by atoms with Crippen LogP contribution in [0.4, 0.5) is 5.69 Å². The van der Waals surface area contributed by atoms with Crippen LogP contribution >= 0.6 is 0 Å². The van der Waals surface area contributed by atoms with E-state index in [-0.39, 0.29) is 0 Å². The van der Waals surface area contributed by atoms with Crippen LogP contribution in [0.1, 0.15) is 33.5 Å². The highest BCUT2D eigenvalue weighted by molar-refractivity contribution is 6.03. The maximum atomic E-state index is 5.07. The second kappa shape index (κ2) is 8.64. The molecule has 0 amide bonds. The molecular formula is C29H25N3. The van der Waals surface area contributed by atoms with Crippen LogP contribution in [0, 0.1) is 0 Å². The molecule has 3 heteroatoms. The Morgan fingerprint density at radius 3 is 2.31 bits per heavy atom. The predicted octanol–water partition coefficient (Wildman–Crippen LogP) is 6.09. The molecule has 0 radical (unpaired) electrons. The maximum Gasteiger partial charge on any atom is 0.0787 e. The monoisotopic (exact) mass is 415 g/mol. The summed E-state index contributed by atoms with van der Waals surface area (Å²) in [6.07, 6.45) is 4.68. The third kappa shape index (κ3) is 3.85. The number of aromatic nitrogens is 1. The molecule has 1 aromatic heterocycles. The highest BCUT2D eigenvalue weighted by Crippen LogP contribution is 2.40. The van der Waals surface area contributed by atoms with Crippen LogP contribution in [0.25, 0.3) is 11.3 Å². The zero-order valence-corrected chi connectivity index (χ0v) is 18.4. The van der Waals surface area contributed by atoms with Crippen molar-refractivity contribution in [3.63, 3.8) is 0 Å². The fraction of sp³-hybridized carbons (Fsp3) is 0.103. The van der Waals surface area contributed by atoms with E-state index in [0.717, 1.165) is 40.1 Å². The number of aliphatic imine (C=N–C) groups is 1. The molecule has 3 aromatic carbocycles. The van der Waals surface area contributed by atoms with Gasteiger partial charge in [-0.15, -0.1) is 0 Å². The number of hydrogen-bond acceptors (Lipinski definition) is 3. The Kier molecular flexibility index (Phi) is 5.39. The van der Waals surface area contributed by atoms with Crippen molar-refractivity contribution in [2.75, 3.05) is 19.0 Å². The van der Waals surface area contributed by atoms with Gasteiger partial charge in [0, 0.05) is 55.3 Å². The third-order valence-electron chi connectivity index (χ3n) is 5.84. The molecule has 0 spiro atoms. The van der Waals surface area contributed by atoms with Gasteiger partial charge in [0.2, 0.25) is 0 Å². The molecule has 1 aliphatic rings. The average Bonchev–Trinajstić information content (AvgIpc) is 2.84. The molecule has 3 nitrogen and oxygen atoms in total. The van der Waals surface area contributed by atoms with Crippen molar-refractivity contribution < 1.29 is 0 Å². The summed E-state index contributed by atoms with van der Waals surface area (Å²) in [6.45, 7) is 0. The van der Waals surface area contributed by atoms with Gasteiger partial charge in [-0.3, -0.25) is 9.98 Å². The summed E-state index contributed by atoms with van der Waals surface area (Å²) in [6, 6.07) is 31.6. The van der Waals surface area contributed by atoms with Gasteiger partial charge in [-0.25, -0.2) is 0 Å². The fourth-order valence-electron chi connectivity index (χ4n) is 4.18. The topological polar surface area (TPSA) is 28.5 Å². The van der Waals surface area contributed by atoms with E-state index in [9.17, 15) is 0 Å². The molecule has 4 aromatic rings. The quantitative estimate of drug-likeness (QED) is 0.332. The number of rotatable bonds is 4. The predicted molar refractivity (Wildman–Crippen MR) is 134 cm³/mol. The van der Waals surface area contributed by atoms with Gasteiger partial charge in [-0.05, 0) is 34.9 Å². The van der Waals surface area contributed by atoms with Crippen molar-refractivity contribution >= 4 is 23.2 Å². The standard InChI is InChI=1S/C29H25N3/c1-32(2)24-16-14-21(15-17-24)20-31-29(22-9-4-3-5-10-22)28-25-12-7-6-11-23(25)19-27-26(28)13-8-18-30-27/h3-18,20H,19H2,1-2H3/b29-28-,31-20?. The number of nitrogens with zero attached hydrogens (tertiary/aromatic N) is 3. The minimum Gasteiger partial charge on any atom is -0.378 e. The molecule has 0 saturated heterocycles. The van der Waals surface area contributed by atoms with Gasteiger partial charge in [0.05, 0.1) is 11.4 Å². The summed E-state index contributed by atoms with van der Waals surface area (Å²) in [5, 5.41) is 0. The molecule has 0 unspecified atom stereocenters. The second-order valence-electron chi connectivity index (χ2n) is 8.17. The van der Waals surface area contributed by atoms with Crippen LogP contribution < -0.4 is 4.90 Å². The van der Waals surface area contributed by atoms with Crippen LogP contribution in [0.15, 0.2) is 102 Å². The molecule has 5 rings (SSSR count). The SMILES string of the molecule is CN(C)c1ccc(C=N/C(=C2/c3ccccc3Cc3ncccc32)c2ccccc2)cc1. The van der Waals surface area contributed by atoms with E-state index in [1.54, 1.807) is 0 Å². The van der Waals surface area contributed by atoms with E-state index in [1.807, 2.05) is 38.6 Å². The second-order valence-corrected chi connectivity index (χ2v) is 8.17. The van der Waals surface area contributed by atoms with Crippen LogP contribution in [0.3, 0.4) is 0 Å². The van der Waals surface area contributed by atoms with Crippen LogP contribution in [0.2, 0.25) is 0 Å². The molecule has 156 valence electrons. The number of benzene rings is 3. The molecular weight excluding hydrogens is 390 g/mol. The Morgan fingerprint density at radius 2 is 1.53 bits per heavy atom. The van der Waals surface area contributed by atoms with Crippen molar-refractivity contribution in [1.29, 1.82) is 0 Å². The minimum atomic E-state index is 0.841. The largest absolute Gasteiger partial charge is 0.378 e. The first-order valence-corrected chi connectivity index (χ1v) is 10.8. The van der Waals surface area contributed by atoms with Crippen molar-refractivity contribution in [2.24, 2.45) is 4.99 Å². The minimum absolute atomic E-state index is 0.841. The zero-order chi connectivity index (χ0) is 21.9. The maximum absolute atomic E-state index is 5.07. The molecule has 32 heavy (non-hydrogen) atoms. The molecule has 0 saturated carbocycles. The normalized spacial score (nSPS) is 14.1. The van der Waals surface area contributed by atoms with E-state index in [1.165, 1.54) is 16.8 Å². The van der Waals surface area contributed by atoms with Crippen molar-refractivity contribution in [3.05, 3.63) is 131 Å². The first-order valence-electron chi connectivity index (χ1n) is 10.8. The lowest BCUT2D eigenvalue weighted by atomic mass is 9.82. The summed E-state index contributed by atoms with van der Waals surface area (Å²) < 4.78 is 0. The number of fused-ring (bicyclic) bond motifs is 2. The molecule has 1 heterocycles. The van der Waals surface area contributed by atoms with E-state index in [4.69, 9.17) is 9.98 Å². The van der Waals surface area contributed by atoms with E-state index in [0.29, 0.717) is 0 Å². The van der Waals surface area contributed by atoms with Crippen molar-refractivity contribution in [3.8, 4) is 0 Å². The first kappa shape index (κ1) is 20.0. The Morgan fingerprint density at radius 1 is 0.812 bits per heavy atom. The lowest BCUT2D eigenvalue weighted by molar-refractivity contribution is 1.04. The Balaban J connectivity index is 1.71. The number of hydrogen-bond donors (Lipinski definition) is 0. The lowest BCUT2D eigenvalue weighted by Gasteiger charge is -2.23. The van der Waals surface area contributed by atoms with Gasteiger partial charge < -0.3 is 4.90 Å². The van der Waals surface area contributed by atoms with Crippen molar-refractivity contribution in [2.45, 2.75) is 6.42 Å². The van der Waals surface area contributed by atoms with E-state index in [2.05, 4.69) is 83.8 Å². The van der Waals surface area contributed by atoms with Crippen LogP contribution in [0.5, 0.6) is 0 Å². The molecule has 0 bridgehead atoms. The molecule has 0 aliphatic heterocycles. The smallest absolute Gasteiger partial charge is 0.0787 e. The summed E-state index contributed by atoms with van der Waals surface area (Å²) in [7, 11) is 4.10. The Bertz CT molecular complexity index is 1250. The van der Waals surface area contributed by atoms with Crippen LogP contribution in [-0.2, 0) is 6.42 Å². The lowest BCUT2D eigenvalue weighted by Crippen LogP contribution is -2.10. The van der Waals surface area contributed by atoms with Crippen LogP contribution in [-0.4, -0.2) is 25.3 Å². The van der Waals surface area contributed by atoms with Crippen molar-refractivity contribution in [1.82, 2.24) is 4.98 Å². The van der Waals surface area contributed by atoms with Gasteiger partial charge >= 0.3 is 0 Å². The molecule has 0 fully saturated rings. The summed E-state index contributed by atoms with van der Waals surface area (Å²) in [5.41, 5.74) is 10.2.